The zero-order valence-electron chi connectivity index (χ0n) is 12.1. The molecule has 1 aromatic carbocycles. The van der Waals surface area contributed by atoms with E-state index in [2.05, 4.69) is 5.32 Å². The van der Waals surface area contributed by atoms with Crippen molar-refractivity contribution in [2.24, 2.45) is 0 Å². The van der Waals surface area contributed by atoms with Gasteiger partial charge in [-0.25, -0.2) is 9.59 Å². The van der Waals surface area contributed by atoms with E-state index in [0.717, 1.165) is 5.56 Å². The van der Waals surface area contributed by atoms with Gasteiger partial charge in [-0.15, -0.1) is 0 Å². The molecule has 2 amide bonds. The molecule has 114 valence electrons. The summed E-state index contributed by atoms with van der Waals surface area (Å²) in [6.07, 6.45) is 1.16. The fraction of sp³-hybridized carbons (Fsp3) is 0.467. The van der Waals surface area contributed by atoms with Crippen molar-refractivity contribution in [1.29, 1.82) is 0 Å². The van der Waals surface area contributed by atoms with Crippen molar-refractivity contribution in [2.75, 3.05) is 6.54 Å². The van der Waals surface area contributed by atoms with Crippen LogP contribution in [0.5, 0.6) is 0 Å². The molecule has 2 atom stereocenters. The van der Waals surface area contributed by atoms with Gasteiger partial charge in [0.15, 0.2) is 0 Å². The number of carboxylic acids is 1. The topological polar surface area (TPSA) is 69.6 Å². The molecule has 1 heterocycles. The number of hydrogen-bond acceptors (Lipinski definition) is 2. The first kappa shape index (κ1) is 15.6. The van der Waals surface area contributed by atoms with Gasteiger partial charge in [0.2, 0.25) is 0 Å². The van der Waals surface area contributed by atoms with E-state index in [1.807, 2.05) is 25.1 Å². The maximum Gasteiger partial charge on any atom is 0.329 e. The van der Waals surface area contributed by atoms with Gasteiger partial charge in [0.25, 0.3) is 0 Å². The zero-order chi connectivity index (χ0) is 15.6. The molecule has 2 unspecified atom stereocenters. The Morgan fingerprint density at radius 3 is 2.71 bits per heavy atom. The lowest BCUT2D eigenvalue weighted by molar-refractivity contribution is -0.147. The van der Waals surface area contributed by atoms with Gasteiger partial charge in [-0.3, -0.25) is 0 Å². The molecule has 21 heavy (non-hydrogen) atoms. The second kappa shape index (κ2) is 5.93. The van der Waals surface area contributed by atoms with E-state index >= 15 is 0 Å². The molecule has 0 spiro atoms. The lowest BCUT2D eigenvalue weighted by Gasteiger charge is -2.32. The summed E-state index contributed by atoms with van der Waals surface area (Å²) in [5.41, 5.74) is -0.326. The Bertz CT molecular complexity index is 564. The van der Waals surface area contributed by atoms with Gasteiger partial charge < -0.3 is 15.3 Å². The average Bonchev–Trinajstić information content (AvgIpc) is 2.82. The molecular weight excluding hydrogens is 292 g/mol. The van der Waals surface area contributed by atoms with Gasteiger partial charge in [-0.05, 0) is 38.3 Å². The number of halogens is 1. The number of likely N-dealkylation sites (tertiary alicyclic amines) is 1. The Morgan fingerprint density at radius 1 is 1.43 bits per heavy atom. The second-order valence-corrected chi connectivity index (χ2v) is 5.93. The smallest absolute Gasteiger partial charge is 0.329 e. The fourth-order valence-corrected chi connectivity index (χ4v) is 2.98. The summed E-state index contributed by atoms with van der Waals surface area (Å²) in [6, 6.07) is 6.61. The van der Waals surface area contributed by atoms with Crippen molar-refractivity contribution < 1.29 is 14.7 Å². The largest absolute Gasteiger partial charge is 0.480 e. The number of amides is 2. The Labute approximate surface area is 128 Å². The molecular formula is C15H19ClN2O3. The van der Waals surface area contributed by atoms with Crippen molar-refractivity contribution in [3.8, 4) is 0 Å². The number of urea groups is 1. The summed E-state index contributed by atoms with van der Waals surface area (Å²) in [5.74, 6) is -0.972. The quantitative estimate of drug-likeness (QED) is 0.901. The highest BCUT2D eigenvalue weighted by Gasteiger charge is 2.46. The molecule has 0 aliphatic carbocycles. The Balaban J connectivity index is 2.11. The van der Waals surface area contributed by atoms with Gasteiger partial charge in [0, 0.05) is 11.6 Å². The zero-order valence-corrected chi connectivity index (χ0v) is 12.9. The fourth-order valence-electron chi connectivity index (χ4n) is 2.68. The monoisotopic (exact) mass is 310 g/mol. The summed E-state index contributed by atoms with van der Waals surface area (Å²) in [4.78, 5) is 25.2. The summed E-state index contributed by atoms with van der Waals surface area (Å²) in [7, 11) is 0. The van der Waals surface area contributed by atoms with Crippen LogP contribution < -0.4 is 5.32 Å². The van der Waals surface area contributed by atoms with Gasteiger partial charge in [0.05, 0.1) is 6.04 Å². The molecule has 0 bridgehead atoms. The first-order valence-electron chi connectivity index (χ1n) is 6.92. The molecule has 1 saturated heterocycles. The van der Waals surface area contributed by atoms with Crippen molar-refractivity contribution in [1.82, 2.24) is 10.2 Å². The van der Waals surface area contributed by atoms with Crippen LogP contribution in [-0.4, -0.2) is 34.1 Å². The number of nitrogens with one attached hydrogen (secondary N) is 1. The van der Waals surface area contributed by atoms with E-state index in [9.17, 15) is 14.7 Å². The normalized spacial score (nSPS) is 22.9. The van der Waals surface area contributed by atoms with Crippen LogP contribution in [0.4, 0.5) is 4.79 Å². The molecule has 2 rings (SSSR count). The number of hydrogen-bond donors (Lipinski definition) is 2. The van der Waals surface area contributed by atoms with Crippen LogP contribution in [0.2, 0.25) is 5.02 Å². The third-order valence-corrected chi connectivity index (χ3v) is 4.40. The molecule has 0 radical (unpaired) electrons. The summed E-state index contributed by atoms with van der Waals surface area (Å²) < 4.78 is 0. The number of carbonyl (C=O) groups is 2. The minimum Gasteiger partial charge on any atom is -0.480 e. The maximum absolute atomic E-state index is 12.4. The van der Waals surface area contributed by atoms with Gasteiger partial charge >= 0.3 is 12.0 Å². The summed E-state index contributed by atoms with van der Waals surface area (Å²) in [5, 5.41) is 12.7. The van der Waals surface area contributed by atoms with Crippen molar-refractivity contribution in [3.63, 3.8) is 0 Å². The van der Waals surface area contributed by atoms with Crippen LogP contribution >= 0.6 is 11.6 Å². The van der Waals surface area contributed by atoms with E-state index in [1.54, 1.807) is 13.0 Å². The first-order chi connectivity index (χ1) is 9.86. The number of rotatable bonds is 3. The number of carboxylic acid groups (broad SMARTS) is 1. The lowest BCUT2D eigenvalue weighted by atomic mass is 9.99. The molecule has 1 aliphatic heterocycles. The highest BCUT2D eigenvalue weighted by molar-refractivity contribution is 6.31. The number of aliphatic carboxylic acids is 1. The molecule has 1 fully saturated rings. The van der Waals surface area contributed by atoms with Crippen LogP contribution in [0.1, 0.15) is 38.3 Å². The van der Waals surface area contributed by atoms with Crippen molar-refractivity contribution >= 4 is 23.6 Å². The number of nitrogens with zero attached hydrogens (tertiary/aromatic N) is 1. The van der Waals surface area contributed by atoms with Crippen molar-refractivity contribution in [3.05, 3.63) is 34.9 Å². The molecule has 1 aromatic rings. The number of benzene rings is 1. The third kappa shape index (κ3) is 2.97. The average molecular weight is 311 g/mol. The van der Waals surface area contributed by atoms with Crippen LogP contribution in [0, 0.1) is 0 Å². The van der Waals surface area contributed by atoms with Gasteiger partial charge in [-0.2, -0.15) is 0 Å². The summed E-state index contributed by atoms with van der Waals surface area (Å²) >= 11 is 6.11. The van der Waals surface area contributed by atoms with E-state index in [-0.39, 0.29) is 12.1 Å². The first-order valence-corrected chi connectivity index (χ1v) is 7.30. The predicted molar refractivity (Wildman–Crippen MR) is 80.4 cm³/mol. The van der Waals surface area contributed by atoms with E-state index in [4.69, 9.17) is 11.6 Å². The predicted octanol–water partition coefficient (Wildman–Crippen LogP) is 3.05. The highest BCUT2D eigenvalue weighted by atomic mass is 35.5. The maximum atomic E-state index is 12.4. The molecule has 6 heteroatoms. The Kier molecular flexibility index (Phi) is 4.42. The van der Waals surface area contributed by atoms with Crippen LogP contribution in [0.15, 0.2) is 24.3 Å². The molecule has 2 N–H and O–H groups in total. The van der Waals surface area contributed by atoms with Crippen molar-refractivity contribution in [2.45, 2.75) is 38.3 Å². The Morgan fingerprint density at radius 2 is 2.10 bits per heavy atom. The minimum atomic E-state index is -1.13. The van der Waals surface area contributed by atoms with E-state index in [1.165, 1.54) is 4.90 Å². The minimum absolute atomic E-state index is 0.287. The summed E-state index contributed by atoms with van der Waals surface area (Å²) in [6.45, 7) is 3.86. The molecule has 0 saturated carbocycles. The third-order valence-electron chi connectivity index (χ3n) is 4.06. The molecule has 1 aliphatic rings. The van der Waals surface area contributed by atoms with Gasteiger partial charge in [0.1, 0.15) is 5.54 Å². The Hall–Kier alpha value is -1.75. The second-order valence-electron chi connectivity index (χ2n) is 5.53. The molecule has 5 nitrogen and oxygen atoms in total. The SMILES string of the molecule is CC(NC(=O)N1CCCC1(C)C(=O)O)c1ccccc1Cl. The van der Waals surface area contributed by atoms with Gasteiger partial charge in [-0.1, -0.05) is 29.8 Å². The van der Waals surface area contributed by atoms with Crippen LogP contribution in [0.25, 0.3) is 0 Å². The van der Waals surface area contributed by atoms with E-state index < -0.39 is 11.5 Å². The van der Waals surface area contributed by atoms with Crippen LogP contribution in [-0.2, 0) is 4.79 Å². The standard InChI is InChI=1S/C15H19ClN2O3/c1-10(11-6-3-4-7-12(11)16)17-14(21)18-9-5-8-15(18,2)13(19)20/h3-4,6-7,10H,5,8-9H2,1-2H3,(H,17,21)(H,19,20). The highest BCUT2D eigenvalue weighted by Crippen LogP contribution is 2.30. The van der Waals surface area contributed by atoms with E-state index in [0.29, 0.717) is 24.4 Å². The number of carbonyl (C=O) groups excluding carboxylic acids is 1. The molecule has 0 aromatic heterocycles. The lowest BCUT2D eigenvalue weighted by Crippen LogP contribution is -2.54. The van der Waals surface area contributed by atoms with Crippen LogP contribution in [0.3, 0.4) is 0 Å².